The van der Waals surface area contributed by atoms with E-state index >= 15 is 0 Å². The minimum Gasteiger partial charge on any atom is -0.379 e. The normalized spacial score (nSPS) is 16.4. The topological polar surface area (TPSA) is 26.6 Å². The van der Waals surface area contributed by atoms with Crippen molar-refractivity contribution < 1.29 is 9.47 Å². The molecule has 0 amide bonds. The van der Waals surface area contributed by atoms with Gasteiger partial charge >= 0.3 is 0 Å². The summed E-state index contributed by atoms with van der Waals surface area (Å²) in [4.78, 5) is 2.30. The standard InChI is InChI=1S/C20H24N2O2/c1-18(24-15-6-5-11-21-13-16-23-17-14-21)22-12-7-10-20(22)19-8-3-2-4-9-19/h2-4,7-10,12,18H,11,13-17H2,1H3. The lowest BCUT2D eigenvalue weighted by Crippen LogP contribution is -2.36. The summed E-state index contributed by atoms with van der Waals surface area (Å²) in [5.74, 6) is 6.30. The molecule has 1 aliphatic heterocycles. The van der Waals surface area contributed by atoms with E-state index < -0.39 is 0 Å². The third-order valence-corrected chi connectivity index (χ3v) is 4.17. The van der Waals surface area contributed by atoms with Crippen molar-refractivity contribution in [3.8, 4) is 23.1 Å². The van der Waals surface area contributed by atoms with Gasteiger partial charge in [0, 0.05) is 19.3 Å². The van der Waals surface area contributed by atoms with E-state index in [1.807, 2.05) is 18.3 Å². The highest BCUT2D eigenvalue weighted by Gasteiger charge is 2.10. The number of rotatable bonds is 5. The van der Waals surface area contributed by atoms with E-state index in [0.717, 1.165) is 38.5 Å². The Bertz CT molecular complexity index is 678. The molecule has 24 heavy (non-hydrogen) atoms. The van der Waals surface area contributed by atoms with E-state index in [-0.39, 0.29) is 6.23 Å². The third kappa shape index (κ3) is 4.48. The molecule has 4 nitrogen and oxygen atoms in total. The van der Waals surface area contributed by atoms with E-state index in [4.69, 9.17) is 9.47 Å². The van der Waals surface area contributed by atoms with Gasteiger partial charge in [0.05, 0.1) is 25.5 Å². The summed E-state index contributed by atoms with van der Waals surface area (Å²) in [5.41, 5.74) is 2.35. The average molecular weight is 324 g/mol. The molecule has 1 unspecified atom stereocenters. The largest absolute Gasteiger partial charge is 0.379 e. The number of nitrogens with zero attached hydrogens (tertiary/aromatic N) is 2. The zero-order chi connectivity index (χ0) is 16.6. The van der Waals surface area contributed by atoms with Crippen molar-refractivity contribution in [3.63, 3.8) is 0 Å². The van der Waals surface area contributed by atoms with Crippen LogP contribution in [0.2, 0.25) is 0 Å². The minimum atomic E-state index is -0.0482. The lowest BCUT2D eigenvalue weighted by Gasteiger charge is -2.24. The van der Waals surface area contributed by atoms with Crippen LogP contribution in [0.15, 0.2) is 48.7 Å². The van der Waals surface area contributed by atoms with Gasteiger partial charge < -0.3 is 14.0 Å². The fraction of sp³-hybridized carbons (Fsp3) is 0.400. The molecule has 1 aliphatic rings. The molecule has 1 saturated heterocycles. The Labute approximate surface area is 144 Å². The van der Waals surface area contributed by atoms with E-state index in [2.05, 4.69) is 58.6 Å². The smallest absolute Gasteiger partial charge is 0.132 e. The first kappa shape index (κ1) is 16.8. The first-order valence-electron chi connectivity index (χ1n) is 8.44. The molecule has 4 heteroatoms. The molecule has 1 atom stereocenters. The molecular weight excluding hydrogens is 300 g/mol. The molecule has 126 valence electrons. The quantitative estimate of drug-likeness (QED) is 0.791. The summed E-state index contributed by atoms with van der Waals surface area (Å²) in [6.07, 6.45) is 2.00. The van der Waals surface area contributed by atoms with Gasteiger partial charge in [0.15, 0.2) is 0 Å². The number of aromatic nitrogens is 1. The van der Waals surface area contributed by atoms with Gasteiger partial charge in [0.25, 0.3) is 0 Å². The Balaban J connectivity index is 1.51. The van der Waals surface area contributed by atoms with E-state index in [1.165, 1.54) is 5.56 Å². The van der Waals surface area contributed by atoms with E-state index in [9.17, 15) is 0 Å². The fourth-order valence-corrected chi connectivity index (χ4v) is 2.79. The highest BCUT2D eigenvalue weighted by molar-refractivity contribution is 5.59. The van der Waals surface area contributed by atoms with Crippen LogP contribution in [0, 0.1) is 11.8 Å². The molecule has 0 spiro atoms. The second-order valence-corrected chi connectivity index (χ2v) is 5.82. The van der Waals surface area contributed by atoms with Gasteiger partial charge in [-0.25, -0.2) is 0 Å². The molecular formula is C20H24N2O2. The number of hydrogen-bond donors (Lipinski definition) is 0. The van der Waals surface area contributed by atoms with Gasteiger partial charge in [-0.15, -0.1) is 0 Å². The molecule has 0 saturated carbocycles. The second kappa shape index (κ2) is 8.70. The molecule has 2 heterocycles. The molecule has 0 radical (unpaired) electrons. The monoisotopic (exact) mass is 324 g/mol. The summed E-state index contributed by atoms with van der Waals surface area (Å²) in [6, 6.07) is 14.5. The maximum absolute atomic E-state index is 5.88. The van der Waals surface area contributed by atoms with Crippen LogP contribution in [-0.2, 0) is 9.47 Å². The Morgan fingerprint density at radius 2 is 1.88 bits per heavy atom. The minimum absolute atomic E-state index is 0.0482. The van der Waals surface area contributed by atoms with Gasteiger partial charge in [0.2, 0.25) is 0 Å². The van der Waals surface area contributed by atoms with Crippen LogP contribution in [0.1, 0.15) is 13.2 Å². The first-order chi connectivity index (χ1) is 11.8. The first-order valence-corrected chi connectivity index (χ1v) is 8.44. The SMILES string of the molecule is CC(OCC#CCN1CCOCC1)n1cccc1-c1ccccc1. The Morgan fingerprint density at radius 3 is 2.67 bits per heavy atom. The summed E-state index contributed by atoms with van der Waals surface area (Å²) in [6.45, 7) is 6.84. The Morgan fingerprint density at radius 1 is 1.08 bits per heavy atom. The third-order valence-electron chi connectivity index (χ3n) is 4.17. The van der Waals surface area contributed by atoms with Crippen LogP contribution in [0.3, 0.4) is 0 Å². The Hall–Kier alpha value is -2.06. The zero-order valence-corrected chi connectivity index (χ0v) is 14.1. The molecule has 1 aromatic carbocycles. The molecule has 3 rings (SSSR count). The molecule has 1 aromatic heterocycles. The van der Waals surface area contributed by atoms with Gasteiger partial charge in [-0.1, -0.05) is 42.2 Å². The number of benzene rings is 1. The molecule has 0 N–H and O–H groups in total. The van der Waals surface area contributed by atoms with Gasteiger partial charge in [0.1, 0.15) is 12.8 Å². The number of morpholine rings is 1. The maximum Gasteiger partial charge on any atom is 0.132 e. The lowest BCUT2D eigenvalue weighted by molar-refractivity contribution is 0.0390. The van der Waals surface area contributed by atoms with Crippen LogP contribution < -0.4 is 0 Å². The van der Waals surface area contributed by atoms with Crippen molar-refractivity contribution >= 4 is 0 Å². The molecule has 0 aliphatic carbocycles. The van der Waals surface area contributed by atoms with Crippen LogP contribution in [0.5, 0.6) is 0 Å². The van der Waals surface area contributed by atoms with Crippen molar-refractivity contribution in [2.45, 2.75) is 13.2 Å². The summed E-state index contributed by atoms with van der Waals surface area (Å²) >= 11 is 0. The maximum atomic E-state index is 5.88. The predicted octanol–water partition coefficient (Wildman–Crippen LogP) is 3.03. The van der Waals surface area contributed by atoms with Crippen LogP contribution >= 0.6 is 0 Å². The van der Waals surface area contributed by atoms with E-state index in [0.29, 0.717) is 6.61 Å². The zero-order valence-electron chi connectivity index (χ0n) is 14.1. The van der Waals surface area contributed by atoms with Crippen molar-refractivity contribution in [3.05, 3.63) is 48.7 Å². The average Bonchev–Trinajstić information content (AvgIpc) is 3.13. The second-order valence-electron chi connectivity index (χ2n) is 5.82. The van der Waals surface area contributed by atoms with Gasteiger partial charge in [-0.2, -0.15) is 0 Å². The highest BCUT2D eigenvalue weighted by atomic mass is 16.5. The van der Waals surface area contributed by atoms with E-state index in [1.54, 1.807) is 0 Å². The summed E-state index contributed by atoms with van der Waals surface area (Å²) in [7, 11) is 0. The lowest BCUT2D eigenvalue weighted by atomic mass is 10.1. The molecule has 2 aromatic rings. The van der Waals surface area contributed by atoms with Crippen molar-refractivity contribution in [1.82, 2.24) is 9.47 Å². The highest BCUT2D eigenvalue weighted by Crippen LogP contribution is 2.23. The van der Waals surface area contributed by atoms with Gasteiger partial charge in [-0.05, 0) is 24.6 Å². The van der Waals surface area contributed by atoms with Crippen LogP contribution in [0.4, 0.5) is 0 Å². The number of ether oxygens (including phenoxy) is 2. The van der Waals surface area contributed by atoms with Crippen LogP contribution in [-0.4, -0.2) is 48.9 Å². The van der Waals surface area contributed by atoms with Crippen molar-refractivity contribution in [1.29, 1.82) is 0 Å². The summed E-state index contributed by atoms with van der Waals surface area (Å²) in [5, 5.41) is 0. The predicted molar refractivity (Wildman–Crippen MR) is 95.6 cm³/mol. The van der Waals surface area contributed by atoms with Gasteiger partial charge in [-0.3, -0.25) is 4.90 Å². The van der Waals surface area contributed by atoms with Crippen LogP contribution in [0.25, 0.3) is 11.3 Å². The van der Waals surface area contributed by atoms with Crippen molar-refractivity contribution in [2.24, 2.45) is 0 Å². The van der Waals surface area contributed by atoms with Crippen molar-refractivity contribution in [2.75, 3.05) is 39.5 Å². The Kier molecular flexibility index (Phi) is 6.08. The fourth-order valence-electron chi connectivity index (χ4n) is 2.79. The summed E-state index contributed by atoms with van der Waals surface area (Å²) < 4.78 is 13.4. The number of hydrogen-bond acceptors (Lipinski definition) is 3. The molecule has 0 bridgehead atoms. The molecule has 1 fully saturated rings.